The molecule has 0 radical (unpaired) electrons. The Balaban J connectivity index is 2.21. The predicted octanol–water partition coefficient (Wildman–Crippen LogP) is 2.13. The zero-order valence-corrected chi connectivity index (χ0v) is 12.2. The second-order valence-corrected chi connectivity index (χ2v) is 6.74. The molecule has 1 amide bonds. The van der Waals surface area contributed by atoms with E-state index in [1.54, 1.807) is 12.1 Å². The van der Waals surface area contributed by atoms with Crippen LogP contribution in [0, 0.1) is 0 Å². The van der Waals surface area contributed by atoms with Gasteiger partial charge in [-0.3, -0.25) is 4.79 Å². The van der Waals surface area contributed by atoms with Crippen LogP contribution in [0.4, 0.5) is 0 Å². The maximum Gasteiger partial charge on any atom is 0.235 e. The van der Waals surface area contributed by atoms with E-state index in [0.29, 0.717) is 11.5 Å². The zero-order chi connectivity index (χ0) is 15.5. The molecule has 2 aromatic rings. The summed E-state index contributed by atoms with van der Waals surface area (Å²) in [5.74, 6) is 0.283. The summed E-state index contributed by atoms with van der Waals surface area (Å²) in [6.45, 7) is 1.27. The van der Waals surface area contributed by atoms with Crippen LogP contribution in [0.5, 0.6) is 11.5 Å². The van der Waals surface area contributed by atoms with Crippen molar-refractivity contribution in [2.75, 3.05) is 0 Å². The summed E-state index contributed by atoms with van der Waals surface area (Å²) in [5.41, 5.74) is 5.05. The molecule has 5 nitrogen and oxygen atoms in total. The second kappa shape index (κ2) is 5.97. The maximum atomic E-state index is 12.1. The minimum absolute atomic E-state index is 0.0363. The normalized spacial score (nSPS) is 12.6. The first-order valence-corrected chi connectivity index (χ1v) is 7.82. The van der Waals surface area contributed by atoms with E-state index in [9.17, 15) is 13.2 Å². The van der Waals surface area contributed by atoms with Crippen molar-refractivity contribution < 1.29 is 17.9 Å². The molecule has 0 aliphatic rings. The molecule has 0 aromatic heterocycles. The van der Waals surface area contributed by atoms with Crippen molar-refractivity contribution in [1.82, 2.24) is 0 Å². The molecule has 6 heteroatoms. The fourth-order valence-electron chi connectivity index (χ4n) is 1.68. The van der Waals surface area contributed by atoms with Crippen molar-refractivity contribution in [2.45, 2.75) is 17.1 Å². The number of carbonyl (C=O) groups is 1. The molecule has 0 saturated carbocycles. The van der Waals surface area contributed by atoms with Crippen molar-refractivity contribution >= 4 is 15.7 Å². The second-order valence-electron chi connectivity index (χ2n) is 4.48. The fraction of sp³-hybridized carbons (Fsp3) is 0.133. The molecule has 2 rings (SSSR count). The molecule has 110 valence electrons. The number of benzene rings is 2. The van der Waals surface area contributed by atoms with E-state index in [-0.39, 0.29) is 4.90 Å². The number of hydrogen-bond donors (Lipinski definition) is 1. The van der Waals surface area contributed by atoms with Crippen LogP contribution in [0.3, 0.4) is 0 Å². The highest BCUT2D eigenvalue weighted by molar-refractivity contribution is 7.92. The Kier molecular flexibility index (Phi) is 4.28. The van der Waals surface area contributed by atoms with Crippen LogP contribution in [0.15, 0.2) is 59.5 Å². The monoisotopic (exact) mass is 305 g/mol. The lowest BCUT2D eigenvalue weighted by Gasteiger charge is -2.10. The first kappa shape index (κ1) is 15.1. The van der Waals surface area contributed by atoms with E-state index in [4.69, 9.17) is 10.5 Å². The quantitative estimate of drug-likeness (QED) is 0.916. The van der Waals surface area contributed by atoms with Gasteiger partial charge in [-0.05, 0) is 43.3 Å². The van der Waals surface area contributed by atoms with Crippen LogP contribution in [-0.2, 0) is 14.6 Å². The molecular formula is C15H15NO4S. The standard InChI is InChI=1S/C15H15NO4S/c1-11(15(16)17)21(18,19)14-9-7-13(8-10-14)20-12-5-3-2-4-6-12/h2-11H,1H3,(H2,16,17). The SMILES string of the molecule is CC(C(N)=O)S(=O)(=O)c1ccc(Oc2ccccc2)cc1. The highest BCUT2D eigenvalue weighted by Crippen LogP contribution is 2.24. The third kappa shape index (κ3) is 3.41. The van der Waals surface area contributed by atoms with Crippen LogP contribution in [-0.4, -0.2) is 19.6 Å². The number of para-hydroxylation sites is 1. The third-order valence-corrected chi connectivity index (χ3v) is 5.09. The van der Waals surface area contributed by atoms with Crippen LogP contribution in [0.2, 0.25) is 0 Å². The highest BCUT2D eigenvalue weighted by Gasteiger charge is 2.27. The Morgan fingerprint density at radius 1 is 1.00 bits per heavy atom. The minimum Gasteiger partial charge on any atom is -0.457 e. The van der Waals surface area contributed by atoms with E-state index >= 15 is 0 Å². The lowest BCUT2D eigenvalue weighted by atomic mass is 10.3. The summed E-state index contributed by atoms with van der Waals surface area (Å²) in [5, 5.41) is -1.27. The number of sulfone groups is 1. The Labute approximate surface area is 123 Å². The van der Waals surface area contributed by atoms with Gasteiger partial charge in [0.15, 0.2) is 9.84 Å². The van der Waals surface area contributed by atoms with E-state index in [0.717, 1.165) is 0 Å². The molecule has 0 heterocycles. The molecule has 0 fully saturated rings. The Morgan fingerprint density at radius 2 is 1.52 bits per heavy atom. The van der Waals surface area contributed by atoms with E-state index in [1.807, 2.05) is 18.2 Å². The predicted molar refractivity (Wildman–Crippen MR) is 78.8 cm³/mol. The first-order chi connectivity index (χ1) is 9.91. The van der Waals surface area contributed by atoms with E-state index < -0.39 is 21.0 Å². The van der Waals surface area contributed by atoms with Crippen LogP contribution < -0.4 is 10.5 Å². The van der Waals surface area contributed by atoms with Crippen molar-refractivity contribution in [1.29, 1.82) is 0 Å². The molecule has 2 aromatic carbocycles. The van der Waals surface area contributed by atoms with Gasteiger partial charge in [-0.15, -0.1) is 0 Å². The first-order valence-electron chi connectivity index (χ1n) is 6.27. The minimum atomic E-state index is -3.76. The van der Waals surface area contributed by atoms with Gasteiger partial charge in [0, 0.05) is 0 Å². The van der Waals surface area contributed by atoms with Crippen LogP contribution in [0.1, 0.15) is 6.92 Å². The number of rotatable bonds is 5. The van der Waals surface area contributed by atoms with Gasteiger partial charge in [0.05, 0.1) is 4.90 Å². The van der Waals surface area contributed by atoms with Gasteiger partial charge in [-0.25, -0.2) is 8.42 Å². The molecular weight excluding hydrogens is 290 g/mol. The highest BCUT2D eigenvalue weighted by atomic mass is 32.2. The average Bonchev–Trinajstić information content (AvgIpc) is 2.48. The van der Waals surface area contributed by atoms with Crippen molar-refractivity contribution in [3.8, 4) is 11.5 Å². The Bertz CT molecular complexity index is 724. The zero-order valence-electron chi connectivity index (χ0n) is 11.4. The van der Waals surface area contributed by atoms with Gasteiger partial charge >= 0.3 is 0 Å². The molecule has 0 spiro atoms. The molecule has 1 unspecified atom stereocenters. The maximum absolute atomic E-state index is 12.1. The number of hydrogen-bond acceptors (Lipinski definition) is 4. The van der Waals surface area contributed by atoms with Crippen LogP contribution >= 0.6 is 0 Å². The lowest BCUT2D eigenvalue weighted by molar-refractivity contribution is -0.117. The largest absolute Gasteiger partial charge is 0.457 e. The molecule has 0 aliphatic carbocycles. The number of carbonyl (C=O) groups excluding carboxylic acids is 1. The third-order valence-electron chi connectivity index (χ3n) is 3.00. The summed E-state index contributed by atoms with van der Waals surface area (Å²) in [7, 11) is -3.76. The molecule has 21 heavy (non-hydrogen) atoms. The smallest absolute Gasteiger partial charge is 0.235 e. The summed E-state index contributed by atoms with van der Waals surface area (Å²) in [6.07, 6.45) is 0. The van der Waals surface area contributed by atoms with Gasteiger partial charge in [0.1, 0.15) is 16.7 Å². The molecule has 0 aliphatic heterocycles. The fourth-order valence-corrected chi connectivity index (χ4v) is 2.91. The number of ether oxygens (including phenoxy) is 1. The van der Waals surface area contributed by atoms with Gasteiger partial charge in [-0.1, -0.05) is 18.2 Å². The molecule has 1 atom stereocenters. The molecule has 0 bridgehead atoms. The van der Waals surface area contributed by atoms with E-state index in [2.05, 4.69) is 0 Å². The van der Waals surface area contributed by atoms with Gasteiger partial charge in [-0.2, -0.15) is 0 Å². The van der Waals surface area contributed by atoms with E-state index in [1.165, 1.54) is 31.2 Å². The van der Waals surface area contributed by atoms with Crippen LogP contribution in [0.25, 0.3) is 0 Å². The number of amides is 1. The summed E-state index contributed by atoms with van der Waals surface area (Å²) < 4.78 is 29.8. The molecule has 0 saturated heterocycles. The van der Waals surface area contributed by atoms with Crippen molar-refractivity contribution in [2.24, 2.45) is 5.73 Å². The van der Waals surface area contributed by atoms with Gasteiger partial charge < -0.3 is 10.5 Å². The average molecular weight is 305 g/mol. The van der Waals surface area contributed by atoms with Gasteiger partial charge in [0.2, 0.25) is 5.91 Å². The number of primary amides is 1. The summed E-state index contributed by atoms with van der Waals surface area (Å²) in [6, 6.07) is 15.0. The topological polar surface area (TPSA) is 86.5 Å². The lowest BCUT2D eigenvalue weighted by Crippen LogP contribution is -2.33. The number of nitrogens with two attached hydrogens (primary N) is 1. The Hall–Kier alpha value is -2.34. The molecule has 2 N–H and O–H groups in total. The Morgan fingerprint density at radius 3 is 2.05 bits per heavy atom. The van der Waals surface area contributed by atoms with Gasteiger partial charge in [0.25, 0.3) is 0 Å². The summed E-state index contributed by atoms with van der Waals surface area (Å²) >= 11 is 0. The summed E-state index contributed by atoms with van der Waals surface area (Å²) in [4.78, 5) is 11.1. The van der Waals surface area contributed by atoms with Crippen molar-refractivity contribution in [3.63, 3.8) is 0 Å². The van der Waals surface area contributed by atoms with Crippen molar-refractivity contribution in [3.05, 3.63) is 54.6 Å².